The lowest BCUT2D eigenvalue weighted by Gasteiger charge is -2.60. The van der Waals surface area contributed by atoms with Crippen molar-refractivity contribution in [3.8, 4) is 0 Å². The molecule has 0 aromatic rings. The average Bonchev–Trinajstić information content (AvgIpc) is 2.88. The number of hydrogen-bond donors (Lipinski definition) is 3. The number of cyclic esters (lactones) is 1. The van der Waals surface area contributed by atoms with E-state index < -0.39 is 12.1 Å². The van der Waals surface area contributed by atoms with Crippen LogP contribution < -0.4 is 5.32 Å². The van der Waals surface area contributed by atoms with Crippen molar-refractivity contribution in [3.05, 3.63) is 23.8 Å². The predicted octanol–water partition coefficient (Wildman–Crippen LogP) is 2.19. The van der Waals surface area contributed by atoms with E-state index >= 15 is 0 Å². The number of rotatable bonds is 4. The van der Waals surface area contributed by atoms with Crippen LogP contribution in [0.2, 0.25) is 0 Å². The van der Waals surface area contributed by atoms with Gasteiger partial charge in [-0.25, -0.2) is 4.79 Å². The predicted molar refractivity (Wildman–Crippen MR) is 100 cm³/mol. The van der Waals surface area contributed by atoms with E-state index in [4.69, 9.17) is 4.74 Å². The fourth-order valence-electron chi connectivity index (χ4n) is 5.99. The van der Waals surface area contributed by atoms with Crippen LogP contribution in [-0.4, -0.2) is 48.6 Å². The van der Waals surface area contributed by atoms with Gasteiger partial charge >= 0.3 is 5.97 Å². The fourth-order valence-corrected chi connectivity index (χ4v) is 5.99. The van der Waals surface area contributed by atoms with Gasteiger partial charge in [0.1, 0.15) is 12.7 Å². The Labute approximate surface area is 156 Å². The van der Waals surface area contributed by atoms with Crippen molar-refractivity contribution in [1.82, 2.24) is 5.32 Å². The molecule has 1 aliphatic heterocycles. The van der Waals surface area contributed by atoms with Crippen LogP contribution in [0.25, 0.3) is 0 Å². The molecule has 146 valence electrons. The maximum absolute atomic E-state index is 11.8. The van der Waals surface area contributed by atoms with Gasteiger partial charge in [-0.3, -0.25) is 0 Å². The minimum atomic E-state index is -0.814. The van der Waals surface area contributed by atoms with Gasteiger partial charge in [-0.15, -0.1) is 0 Å². The summed E-state index contributed by atoms with van der Waals surface area (Å²) in [5.41, 5.74) is 1.70. The van der Waals surface area contributed by atoms with Gasteiger partial charge in [0, 0.05) is 6.54 Å². The van der Waals surface area contributed by atoms with Crippen molar-refractivity contribution in [2.75, 3.05) is 20.2 Å². The second-order valence-electron chi connectivity index (χ2n) is 9.07. The summed E-state index contributed by atoms with van der Waals surface area (Å²) in [6.07, 6.45) is 5.02. The largest absolute Gasteiger partial charge is 0.459 e. The van der Waals surface area contributed by atoms with E-state index in [9.17, 15) is 15.0 Å². The van der Waals surface area contributed by atoms with Crippen LogP contribution in [0.5, 0.6) is 0 Å². The lowest BCUT2D eigenvalue weighted by Crippen LogP contribution is -2.55. The molecule has 1 heterocycles. The summed E-state index contributed by atoms with van der Waals surface area (Å²) in [5, 5.41) is 23.6. The van der Waals surface area contributed by atoms with Gasteiger partial charge in [0.25, 0.3) is 0 Å². The van der Waals surface area contributed by atoms with Crippen LogP contribution in [0.1, 0.15) is 46.0 Å². The monoisotopic (exact) mass is 363 g/mol. The van der Waals surface area contributed by atoms with Crippen molar-refractivity contribution in [1.29, 1.82) is 0 Å². The van der Waals surface area contributed by atoms with E-state index in [1.165, 1.54) is 5.57 Å². The van der Waals surface area contributed by atoms with Crippen molar-refractivity contribution < 1.29 is 19.7 Å². The number of ether oxygens (including phenoxy) is 1. The summed E-state index contributed by atoms with van der Waals surface area (Å²) in [4.78, 5) is 11.8. The van der Waals surface area contributed by atoms with Crippen molar-refractivity contribution in [2.24, 2.45) is 22.7 Å². The number of aliphatic hydroxyl groups is 2. The van der Waals surface area contributed by atoms with Crippen LogP contribution in [0.3, 0.4) is 0 Å². The molecule has 2 saturated carbocycles. The van der Waals surface area contributed by atoms with E-state index in [-0.39, 0.29) is 29.5 Å². The number of aliphatic hydroxyl groups excluding tert-OH is 2. The van der Waals surface area contributed by atoms with Crippen LogP contribution in [0, 0.1) is 22.7 Å². The number of nitrogens with one attached hydrogen (secondary N) is 1. The van der Waals surface area contributed by atoms with Crippen LogP contribution in [0.4, 0.5) is 0 Å². The van der Waals surface area contributed by atoms with Gasteiger partial charge in [-0.05, 0) is 61.8 Å². The van der Waals surface area contributed by atoms with E-state index in [1.54, 1.807) is 0 Å². The zero-order valence-corrected chi connectivity index (χ0v) is 16.3. The maximum Gasteiger partial charge on any atom is 0.336 e. The molecular weight excluding hydrogens is 330 g/mol. The van der Waals surface area contributed by atoms with Crippen molar-refractivity contribution in [3.63, 3.8) is 0 Å². The zero-order valence-electron chi connectivity index (χ0n) is 16.3. The highest BCUT2D eigenvalue weighted by Gasteiger charge is 2.56. The highest BCUT2D eigenvalue weighted by atomic mass is 16.6. The Morgan fingerprint density at radius 1 is 1.38 bits per heavy atom. The molecule has 6 atom stereocenters. The molecule has 5 nitrogen and oxygen atoms in total. The molecule has 1 saturated heterocycles. The smallest absolute Gasteiger partial charge is 0.336 e. The van der Waals surface area contributed by atoms with Crippen molar-refractivity contribution in [2.45, 2.75) is 58.2 Å². The Kier molecular flexibility index (Phi) is 5.35. The van der Waals surface area contributed by atoms with Crippen molar-refractivity contribution >= 4 is 5.97 Å². The summed E-state index contributed by atoms with van der Waals surface area (Å²) in [5.74, 6) is 0.235. The van der Waals surface area contributed by atoms with E-state index in [0.29, 0.717) is 17.9 Å². The first-order chi connectivity index (χ1) is 12.2. The summed E-state index contributed by atoms with van der Waals surface area (Å²) in [7, 11) is 1.98. The van der Waals surface area contributed by atoms with Crippen LogP contribution in [0.15, 0.2) is 23.8 Å². The molecule has 0 spiro atoms. The third-order valence-electron chi connectivity index (χ3n) is 7.20. The first-order valence-electron chi connectivity index (χ1n) is 9.77. The van der Waals surface area contributed by atoms with Gasteiger partial charge in [0.05, 0.1) is 11.7 Å². The molecular formula is C21H33NO4. The molecule has 26 heavy (non-hydrogen) atoms. The lowest BCUT2D eigenvalue weighted by molar-refractivity contribution is -0.135. The molecule has 3 N–H and O–H groups in total. The Morgan fingerprint density at radius 3 is 2.73 bits per heavy atom. The number of allylic oxidation sites excluding steroid dienone is 2. The van der Waals surface area contributed by atoms with E-state index in [2.05, 4.69) is 25.7 Å². The molecule has 2 aliphatic carbocycles. The SMILES string of the molecule is C=C1C[C@](C)(CNC)C2C[C@H](O)CC[C@]2(C)[C@@H]1C/C=C1/C(=O)OC[C@H]1O. The molecule has 0 bridgehead atoms. The fraction of sp³-hybridized carbons (Fsp3) is 0.762. The number of carbonyl (C=O) groups excluding carboxylic acids is 1. The minimum Gasteiger partial charge on any atom is -0.459 e. The number of esters is 1. The molecule has 3 aliphatic rings. The second-order valence-corrected chi connectivity index (χ2v) is 9.07. The molecule has 3 rings (SSSR count). The summed E-state index contributed by atoms with van der Waals surface area (Å²) in [6.45, 7) is 10.0. The van der Waals surface area contributed by atoms with Crippen LogP contribution in [-0.2, 0) is 9.53 Å². The van der Waals surface area contributed by atoms with Gasteiger partial charge in [0.2, 0.25) is 0 Å². The highest BCUT2D eigenvalue weighted by molar-refractivity contribution is 5.91. The zero-order chi connectivity index (χ0) is 19.1. The average molecular weight is 363 g/mol. The minimum absolute atomic E-state index is 0.0324. The Morgan fingerprint density at radius 2 is 2.12 bits per heavy atom. The summed E-state index contributed by atoms with van der Waals surface area (Å²) in [6, 6.07) is 0. The topological polar surface area (TPSA) is 78.8 Å². The maximum atomic E-state index is 11.8. The molecule has 0 radical (unpaired) electrons. The number of carbonyl (C=O) groups is 1. The normalized spacial score (nSPS) is 44.9. The molecule has 0 aromatic carbocycles. The Balaban J connectivity index is 1.90. The Bertz CT molecular complexity index is 615. The quantitative estimate of drug-likeness (QED) is 0.405. The third kappa shape index (κ3) is 3.25. The molecule has 0 aromatic heterocycles. The molecule has 1 unspecified atom stereocenters. The molecule has 0 amide bonds. The number of fused-ring (bicyclic) bond motifs is 1. The van der Waals surface area contributed by atoms with E-state index in [1.807, 2.05) is 13.1 Å². The number of hydrogen-bond acceptors (Lipinski definition) is 5. The van der Waals surface area contributed by atoms with Gasteiger partial charge in [0.15, 0.2) is 0 Å². The first kappa shape index (κ1) is 19.6. The van der Waals surface area contributed by atoms with E-state index in [0.717, 1.165) is 32.2 Å². The van der Waals surface area contributed by atoms with Gasteiger partial charge in [-0.2, -0.15) is 0 Å². The molecule has 3 fully saturated rings. The first-order valence-corrected chi connectivity index (χ1v) is 9.77. The standard InChI is InChI=1S/C21H33NO4/c1-13-10-20(2,12-22-4)18-9-14(23)7-8-21(18,3)16(13)6-5-15-17(24)11-26-19(15)25/h5,14,16-18,22-24H,1,6-12H2,2-4H3/b15-5+/t14-,16-,17-,18?,20-,21-/m1/s1. The molecule has 5 heteroatoms. The van der Waals surface area contributed by atoms with Gasteiger partial charge < -0.3 is 20.3 Å². The van der Waals surface area contributed by atoms with Crippen LogP contribution >= 0.6 is 0 Å². The third-order valence-corrected chi connectivity index (χ3v) is 7.20. The second kappa shape index (κ2) is 7.10. The summed E-state index contributed by atoms with van der Waals surface area (Å²) >= 11 is 0. The summed E-state index contributed by atoms with van der Waals surface area (Å²) < 4.78 is 4.93. The Hall–Kier alpha value is -1.17. The lowest BCUT2D eigenvalue weighted by atomic mass is 9.45. The van der Waals surface area contributed by atoms with Gasteiger partial charge in [-0.1, -0.05) is 32.1 Å². The highest BCUT2D eigenvalue weighted by Crippen LogP contribution is 2.62.